The number of amides is 2. The van der Waals surface area contributed by atoms with Crippen LogP contribution in [0.15, 0.2) is 53.0 Å². The van der Waals surface area contributed by atoms with E-state index in [1.54, 1.807) is 4.90 Å². The van der Waals surface area contributed by atoms with Crippen LogP contribution in [0.25, 0.3) is 0 Å². The van der Waals surface area contributed by atoms with Gasteiger partial charge in [0.2, 0.25) is 11.8 Å². The number of rotatable bonds is 4. The van der Waals surface area contributed by atoms with Gasteiger partial charge in [-0.2, -0.15) is 0 Å². The van der Waals surface area contributed by atoms with Gasteiger partial charge in [-0.25, -0.2) is 0 Å². The van der Waals surface area contributed by atoms with Gasteiger partial charge in [-0.1, -0.05) is 24.3 Å². The molecule has 24 heavy (non-hydrogen) atoms. The van der Waals surface area contributed by atoms with Gasteiger partial charge < -0.3 is 15.0 Å². The molecule has 3 rings (SSSR count). The molecule has 0 aromatic heterocycles. The molecule has 0 radical (unpaired) electrons. The number of ether oxygens (including phenoxy) is 1. The first-order chi connectivity index (χ1) is 11.6. The zero-order valence-corrected chi connectivity index (χ0v) is 14.6. The zero-order valence-electron chi connectivity index (χ0n) is 13.0. The molecule has 0 spiro atoms. The second kappa shape index (κ2) is 7.49. The summed E-state index contributed by atoms with van der Waals surface area (Å²) in [6.07, 6.45) is 0.296. The molecule has 0 aliphatic carbocycles. The average molecular weight is 389 g/mol. The summed E-state index contributed by atoms with van der Waals surface area (Å²) in [6.45, 7) is 0.966. The number of benzene rings is 2. The first-order valence-corrected chi connectivity index (χ1v) is 8.51. The fourth-order valence-corrected chi connectivity index (χ4v) is 2.94. The van der Waals surface area contributed by atoms with Crippen molar-refractivity contribution in [3.63, 3.8) is 0 Å². The minimum Gasteiger partial charge on any atom is -0.490 e. The van der Waals surface area contributed by atoms with Gasteiger partial charge in [-0.15, -0.1) is 0 Å². The van der Waals surface area contributed by atoms with Crippen LogP contribution in [0.5, 0.6) is 5.75 Å². The molecule has 6 heteroatoms. The number of nitrogens with zero attached hydrogens (tertiary/aromatic N) is 1. The second-order valence-corrected chi connectivity index (χ2v) is 6.24. The van der Waals surface area contributed by atoms with Gasteiger partial charge in [0.1, 0.15) is 12.4 Å². The van der Waals surface area contributed by atoms with E-state index in [0.717, 1.165) is 10.2 Å². The Kier molecular flexibility index (Phi) is 5.15. The van der Waals surface area contributed by atoms with Crippen LogP contribution in [-0.2, 0) is 9.59 Å². The van der Waals surface area contributed by atoms with E-state index in [0.29, 0.717) is 24.6 Å². The SMILES string of the molecule is O=C(CCC(=O)N1CCOc2ccccc21)Nc1ccccc1Br. The van der Waals surface area contributed by atoms with Gasteiger partial charge in [0.05, 0.1) is 17.9 Å². The van der Waals surface area contributed by atoms with Gasteiger partial charge in [-0.3, -0.25) is 9.59 Å². The highest BCUT2D eigenvalue weighted by atomic mass is 79.9. The maximum atomic E-state index is 12.5. The van der Waals surface area contributed by atoms with Crippen LogP contribution in [0.2, 0.25) is 0 Å². The lowest BCUT2D eigenvalue weighted by molar-refractivity contribution is -0.122. The summed E-state index contributed by atoms with van der Waals surface area (Å²) >= 11 is 3.38. The van der Waals surface area contributed by atoms with E-state index in [4.69, 9.17) is 4.74 Å². The van der Waals surface area contributed by atoms with Crippen LogP contribution in [0, 0.1) is 0 Å². The Labute approximate surface area is 148 Å². The highest BCUT2D eigenvalue weighted by Gasteiger charge is 2.23. The van der Waals surface area contributed by atoms with Crippen LogP contribution in [0.1, 0.15) is 12.8 Å². The van der Waals surface area contributed by atoms with Crippen molar-refractivity contribution < 1.29 is 14.3 Å². The number of hydrogen-bond acceptors (Lipinski definition) is 3. The van der Waals surface area contributed by atoms with Gasteiger partial charge in [0, 0.05) is 17.3 Å². The molecule has 0 atom stereocenters. The molecule has 1 N–H and O–H groups in total. The predicted molar refractivity (Wildman–Crippen MR) is 96.3 cm³/mol. The number of hydrogen-bond donors (Lipinski definition) is 1. The number of carbonyl (C=O) groups excluding carboxylic acids is 2. The Hall–Kier alpha value is -2.34. The fraction of sp³-hybridized carbons (Fsp3) is 0.222. The minimum absolute atomic E-state index is 0.0759. The van der Waals surface area contributed by atoms with E-state index in [-0.39, 0.29) is 24.7 Å². The molecule has 1 aliphatic heterocycles. The Bertz CT molecular complexity index is 763. The van der Waals surface area contributed by atoms with E-state index in [1.165, 1.54) is 0 Å². The summed E-state index contributed by atoms with van der Waals surface area (Å²) in [5, 5.41) is 2.81. The number of halogens is 1. The number of fused-ring (bicyclic) bond motifs is 1. The molecule has 0 saturated heterocycles. The van der Waals surface area contributed by atoms with Crippen molar-refractivity contribution in [2.75, 3.05) is 23.4 Å². The molecule has 124 valence electrons. The highest BCUT2D eigenvalue weighted by Crippen LogP contribution is 2.31. The number of anilines is 2. The maximum absolute atomic E-state index is 12.5. The van der Waals surface area contributed by atoms with E-state index in [2.05, 4.69) is 21.2 Å². The van der Waals surface area contributed by atoms with Crippen molar-refractivity contribution in [1.29, 1.82) is 0 Å². The first-order valence-electron chi connectivity index (χ1n) is 7.72. The topological polar surface area (TPSA) is 58.6 Å². The summed E-state index contributed by atoms with van der Waals surface area (Å²) in [5.41, 5.74) is 1.46. The van der Waals surface area contributed by atoms with E-state index < -0.39 is 0 Å². The molecule has 0 unspecified atom stereocenters. The van der Waals surface area contributed by atoms with Crippen molar-refractivity contribution in [3.8, 4) is 5.75 Å². The zero-order chi connectivity index (χ0) is 16.9. The monoisotopic (exact) mass is 388 g/mol. The Morgan fingerprint density at radius 2 is 1.83 bits per heavy atom. The lowest BCUT2D eigenvalue weighted by Gasteiger charge is -2.29. The summed E-state index contributed by atoms with van der Waals surface area (Å²) < 4.78 is 6.36. The molecule has 2 amide bonds. The molecular formula is C18H17BrN2O3. The second-order valence-electron chi connectivity index (χ2n) is 5.39. The molecule has 2 aromatic rings. The number of nitrogens with one attached hydrogen (secondary N) is 1. The van der Waals surface area contributed by atoms with Crippen molar-refractivity contribution in [1.82, 2.24) is 0 Å². The molecule has 0 fully saturated rings. The quantitative estimate of drug-likeness (QED) is 0.870. The van der Waals surface area contributed by atoms with Gasteiger partial charge in [0.25, 0.3) is 0 Å². The smallest absolute Gasteiger partial charge is 0.227 e. The lowest BCUT2D eigenvalue weighted by atomic mass is 10.2. The van der Waals surface area contributed by atoms with Crippen molar-refractivity contribution in [2.24, 2.45) is 0 Å². The third kappa shape index (κ3) is 3.76. The summed E-state index contributed by atoms with van der Waals surface area (Å²) in [7, 11) is 0. The molecule has 1 heterocycles. The van der Waals surface area contributed by atoms with Gasteiger partial charge in [0.15, 0.2) is 0 Å². The van der Waals surface area contributed by atoms with E-state index >= 15 is 0 Å². The molecule has 1 aliphatic rings. The van der Waals surface area contributed by atoms with Crippen molar-refractivity contribution in [3.05, 3.63) is 53.0 Å². The van der Waals surface area contributed by atoms with Crippen LogP contribution < -0.4 is 15.0 Å². The predicted octanol–water partition coefficient (Wildman–Crippen LogP) is 3.59. The molecule has 0 bridgehead atoms. The van der Waals surface area contributed by atoms with Crippen LogP contribution in [0.3, 0.4) is 0 Å². The van der Waals surface area contributed by atoms with Gasteiger partial charge in [-0.05, 0) is 40.2 Å². The summed E-state index contributed by atoms with van der Waals surface area (Å²) in [6, 6.07) is 14.8. The van der Waals surface area contributed by atoms with Gasteiger partial charge >= 0.3 is 0 Å². The number of para-hydroxylation sites is 3. The maximum Gasteiger partial charge on any atom is 0.227 e. The number of carbonyl (C=O) groups is 2. The first kappa shape index (κ1) is 16.5. The molecule has 2 aromatic carbocycles. The lowest BCUT2D eigenvalue weighted by Crippen LogP contribution is -2.38. The Morgan fingerprint density at radius 1 is 1.08 bits per heavy atom. The average Bonchev–Trinajstić information content (AvgIpc) is 2.61. The fourth-order valence-electron chi connectivity index (χ4n) is 2.56. The summed E-state index contributed by atoms with van der Waals surface area (Å²) in [4.78, 5) is 26.2. The van der Waals surface area contributed by atoms with Crippen LogP contribution >= 0.6 is 15.9 Å². The third-order valence-electron chi connectivity index (χ3n) is 3.74. The van der Waals surface area contributed by atoms with E-state index in [9.17, 15) is 9.59 Å². The molecular weight excluding hydrogens is 372 g/mol. The molecule has 0 saturated carbocycles. The molecule has 5 nitrogen and oxygen atoms in total. The Balaban J connectivity index is 1.58. The normalized spacial score (nSPS) is 13.0. The third-order valence-corrected chi connectivity index (χ3v) is 4.43. The largest absolute Gasteiger partial charge is 0.490 e. The van der Waals surface area contributed by atoms with Crippen LogP contribution in [-0.4, -0.2) is 25.0 Å². The van der Waals surface area contributed by atoms with Crippen LogP contribution in [0.4, 0.5) is 11.4 Å². The van der Waals surface area contributed by atoms with E-state index in [1.807, 2.05) is 48.5 Å². The summed E-state index contributed by atoms with van der Waals surface area (Å²) in [5.74, 6) is 0.444. The minimum atomic E-state index is -0.184. The standard InChI is InChI=1S/C18H17BrN2O3/c19-13-5-1-2-6-14(13)20-17(22)9-10-18(23)21-11-12-24-16-8-4-3-7-15(16)21/h1-8H,9-12H2,(H,20,22). The Morgan fingerprint density at radius 3 is 2.67 bits per heavy atom. The van der Waals surface area contributed by atoms with Crippen molar-refractivity contribution in [2.45, 2.75) is 12.8 Å². The highest BCUT2D eigenvalue weighted by molar-refractivity contribution is 9.10. The van der Waals surface area contributed by atoms with Crippen molar-refractivity contribution >= 4 is 39.1 Å².